The predicted molar refractivity (Wildman–Crippen MR) is 136 cm³/mol. The summed E-state index contributed by atoms with van der Waals surface area (Å²) in [6.07, 6.45) is 0. The van der Waals surface area contributed by atoms with Gasteiger partial charge in [0.15, 0.2) is 0 Å². The number of amides is 2. The summed E-state index contributed by atoms with van der Waals surface area (Å²) in [5.41, 5.74) is 0.729. The number of nitrogens with zero attached hydrogens (tertiary/aromatic N) is 1. The van der Waals surface area contributed by atoms with Gasteiger partial charge in [-0.3, -0.25) is 9.59 Å². The predicted octanol–water partition coefficient (Wildman–Crippen LogP) is 5.69. The first-order valence-electron chi connectivity index (χ1n) is 11.7. The number of hydrogen-bond acceptors (Lipinski definition) is 2. The lowest BCUT2D eigenvalue weighted by Gasteiger charge is -2.30. The van der Waals surface area contributed by atoms with E-state index in [1.165, 1.54) is 12.1 Å². The molecule has 2 amide bonds. The molecule has 0 aliphatic rings. The molecule has 1 heterocycles. The average Bonchev–Trinajstić information content (AvgIpc) is 3.02. The van der Waals surface area contributed by atoms with Crippen molar-refractivity contribution >= 4 is 22.7 Å². The van der Waals surface area contributed by atoms with Gasteiger partial charge >= 0.3 is 0 Å². The lowest BCUT2D eigenvalue weighted by Crippen LogP contribution is -2.48. The molecule has 0 fully saturated rings. The summed E-state index contributed by atoms with van der Waals surface area (Å²) in [5, 5.41) is 6.73. The van der Waals surface area contributed by atoms with Gasteiger partial charge in [0.2, 0.25) is 11.8 Å². The maximum Gasteiger partial charge on any atom is 0.240 e. The molecule has 0 aliphatic heterocycles. The number of halogens is 2. The third-order valence-electron chi connectivity index (χ3n) is 5.65. The Bertz CT molecular complexity index is 1260. The smallest absolute Gasteiger partial charge is 0.240 e. The molecule has 0 spiro atoms. The van der Waals surface area contributed by atoms with Crippen LogP contribution in [0.1, 0.15) is 61.0 Å². The Kier molecular flexibility index (Phi) is 6.86. The van der Waals surface area contributed by atoms with Gasteiger partial charge in [-0.2, -0.15) is 0 Å². The molecule has 35 heavy (non-hydrogen) atoms. The molecule has 5 nitrogen and oxygen atoms in total. The normalized spacial score (nSPS) is 12.6. The Morgan fingerprint density at radius 2 is 1.37 bits per heavy atom. The summed E-state index contributed by atoms with van der Waals surface area (Å²) in [6, 6.07) is 10.7. The molecular formula is C28H35F2N3O2. The van der Waals surface area contributed by atoms with Crippen LogP contribution in [0.5, 0.6) is 0 Å². The molecule has 0 aliphatic carbocycles. The highest BCUT2D eigenvalue weighted by Crippen LogP contribution is 2.33. The van der Waals surface area contributed by atoms with Gasteiger partial charge in [-0.1, -0.05) is 6.07 Å². The topological polar surface area (TPSA) is 63.1 Å². The van der Waals surface area contributed by atoms with Crippen molar-refractivity contribution in [3.63, 3.8) is 0 Å². The van der Waals surface area contributed by atoms with Crippen molar-refractivity contribution in [3.05, 3.63) is 59.7 Å². The summed E-state index contributed by atoms with van der Waals surface area (Å²) in [4.78, 5) is 25.8. The fourth-order valence-electron chi connectivity index (χ4n) is 4.00. The Hall–Kier alpha value is -3.22. The minimum absolute atomic E-state index is 0.0263. The fourth-order valence-corrected chi connectivity index (χ4v) is 4.00. The first kappa shape index (κ1) is 26.4. The minimum Gasteiger partial charge on any atom is -0.351 e. The van der Waals surface area contributed by atoms with Gasteiger partial charge in [-0.25, -0.2) is 8.78 Å². The van der Waals surface area contributed by atoms with E-state index in [9.17, 15) is 18.4 Å². The summed E-state index contributed by atoms with van der Waals surface area (Å²) in [7, 11) is 0. The van der Waals surface area contributed by atoms with Crippen LogP contribution in [-0.4, -0.2) is 27.5 Å². The summed E-state index contributed by atoms with van der Waals surface area (Å²) in [5.74, 6) is -1.73. The molecule has 2 N–H and O–H groups in total. The van der Waals surface area contributed by atoms with E-state index in [0.717, 1.165) is 22.5 Å². The van der Waals surface area contributed by atoms with Gasteiger partial charge in [0.25, 0.3) is 0 Å². The van der Waals surface area contributed by atoms with Crippen LogP contribution in [0, 0.1) is 11.6 Å². The number of benzene rings is 2. The lowest BCUT2D eigenvalue weighted by molar-refractivity contribution is -0.127. The van der Waals surface area contributed by atoms with E-state index in [1.807, 2.05) is 73.6 Å². The maximum absolute atomic E-state index is 14.1. The van der Waals surface area contributed by atoms with Crippen LogP contribution in [-0.2, 0) is 21.5 Å². The number of carbonyl (C=O) groups is 2. The quantitative estimate of drug-likeness (QED) is 0.489. The Labute approximate surface area is 205 Å². The third-order valence-corrected chi connectivity index (χ3v) is 5.65. The van der Waals surface area contributed by atoms with E-state index < -0.39 is 22.6 Å². The molecule has 2 aromatic carbocycles. The van der Waals surface area contributed by atoms with Crippen LogP contribution in [0.25, 0.3) is 22.2 Å². The van der Waals surface area contributed by atoms with Crippen molar-refractivity contribution in [3.8, 4) is 11.3 Å². The fraction of sp³-hybridized carbons (Fsp3) is 0.429. The van der Waals surface area contributed by atoms with Gasteiger partial charge in [-0.15, -0.1) is 0 Å². The highest BCUT2D eigenvalue weighted by atomic mass is 19.1. The van der Waals surface area contributed by atoms with E-state index in [0.29, 0.717) is 11.3 Å². The number of nitrogens with one attached hydrogen (secondary N) is 2. The zero-order chi connectivity index (χ0) is 26.3. The number of fused-ring (bicyclic) bond motifs is 1. The van der Waals surface area contributed by atoms with E-state index in [1.54, 1.807) is 10.6 Å². The monoisotopic (exact) mass is 483 g/mol. The Balaban J connectivity index is 2.14. The number of hydrogen-bond donors (Lipinski definition) is 2. The first-order chi connectivity index (χ1) is 16.0. The maximum atomic E-state index is 14.1. The van der Waals surface area contributed by atoms with Crippen molar-refractivity contribution in [1.82, 2.24) is 15.2 Å². The van der Waals surface area contributed by atoms with Gasteiger partial charge in [-0.05, 0) is 91.3 Å². The molecule has 0 saturated carbocycles. The molecule has 1 aromatic heterocycles. The lowest BCUT2D eigenvalue weighted by atomic mass is 9.82. The molecule has 3 rings (SSSR count). The second kappa shape index (κ2) is 9.10. The molecular weight excluding hydrogens is 448 g/mol. The summed E-state index contributed by atoms with van der Waals surface area (Å²) in [6.45, 7) is 15.1. The van der Waals surface area contributed by atoms with Crippen LogP contribution >= 0.6 is 0 Å². The molecule has 7 heteroatoms. The molecule has 188 valence electrons. The Morgan fingerprint density at radius 1 is 0.800 bits per heavy atom. The second-order valence-corrected chi connectivity index (χ2v) is 11.7. The van der Waals surface area contributed by atoms with Crippen molar-refractivity contribution < 1.29 is 18.4 Å². The highest BCUT2D eigenvalue weighted by molar-refractivity contribution is 5.93. The van der Waals surface area contributed by atoms with Crippen LogP contribution in [0.3, 0.4) is 0 Å². The van der Waals surface area contributed by atoms with Gasteiger partial charge in [0.1, 0.15) is 18.2 Å². The first-order valence-corrected chi connectivity index (χ1v) is 11.7. The summed E-state index contributed by atoms with van der Waals surface area (Å²) < 4.78 is 29.9. The molecule has 0 unspecified atom stereocenters. The van der Waals surface area contributed by atoms with E-state index in [-0.39, 0.29) is 23.9 Å². The molecule has 0 radical (unpaired) electrons. The summed E-state index contributed by atoms with van der Waals surface area (Å²) >= 11 is 0. The second-order valence-electron chi connectivity index (χ2n) is 11.7. The molecule has 0 saturated heterocycles. The standard InChI is InChI=1S/C28H35F2N3O2/c1-26(2,3)31-24(34)16-33-22-10-9-19(28(7,8)25(35)32-27(4,5)6)11-17(22)14-23(33)18-12-20(29)15-21(30)13-18/h9-15H,16H2,1-8H3,(H,31,34)(H,32,35). The number of carbonyl (C=O) groups excluding carboxylic acids is 2. The minimum atomic E-state index is -0.821. The van der Waals surface area contributed by atoms with Gasteiger partial charge in [0, 0.05) is 39.3 Å². The van der Waals surface area contributed by atoms with Crippen LogP contribution in [0.2, 0.25) is 0 Å². The van der Waals surface area contributed by atoms with E-state index >= 15 is 0 Å². The zero-order valence-corrected chi connectivity index (χ0v) is 21.8. The van der Waals surface area contributed by atoms with Crippen LogP contribution in [0.4, 0.5) is 8.78 Å². The van der Waals surface area contributed by atoms with E-state index in [4.69, 9.17) is 0 Å². The number of aromatic nitrogens is 1. The molecule has 0 bridgehead atoms. The third kappa shape index (κ3) is 6.27. The van der Waals surface area contributed by atoms with Crippen molar-refractivity contribution in [1.29, 1.82) is 0 Å². The van der Waals surface area contributed by atoms with Crippen LogP contribution in [0.15, 0.2) is 42.5 Å². The number of rotatable bonds is 5. The Morgan fingerprint density at radius 3 is 1.91 bits per heavy atom. The average molecular weight is 484 g/mol. The van der Waals surface area contributed by atoms with Gasteiger partial charge in [0.05, 0.1) is 5.41 Å². The molecule has 3 aromatic rings. The van der Waals surface area contributed by atoms with Gasteiger partial charge < -0.3 is 15.2 Å². The van der Waals surface area contributed by atoms with Crippen molar-refractivity contribution in [2.75, 3.05) is 0 Å². The van der Waals surface area contributed by atoms with Crippen molar-refractivity contribution in [2.45, 2.75) is 78.4 Å². The van der Waals surface area contributed by atoms with Crippen molar-refractivity contribution in [2.24, 2.45) is 0 Å². The zero-order valence-electron chi connectivity index (χ0n) is 21.8. The van der Waals surface area contributed by atoms with Crippen LogP contribution < -0.4 is 10.6 Å². The largest absolute Gasteiger partial charge is 0.351 e. The SMILES string of the molecule is CC(C)(C)NC(=O)Cn1c(-c2cc(F)cc(F)c2)cc2cc(C(C)(C)C(=O)NC(C)(C)C)ccc21. The molecule has 0 atom stereocenters. The van der Waals surface area contributed by atoms with E-state index in [2.05, 4.69) is 10.6 Å². The highest BCUT2D eigenvalue weighted by Gasteiger charge is 2.32.